The predicted molar refractivity (Wildman–Crippen MR) is 134 cm³/mol. The van der Waals surface area contributed by atoms with Crippen molar-refractivity contribution in [2.75, 3.05) is 25.6 Å². The Labute approximate surface area is 207 Å². The molecule has 2 amide bonds. The molecular weight excluding hydrogens is 466 g/mol. The molecule has 186 valence electrons. The predicted octanol–water partition coefficient (Wildman–Crippen LogP) is 5.21. The molecule has 4 aromatic rings. The zero-order valence-corrected chi connectivity index (χ0v) is 20.2. The van der Waals surface area contributed by atoms with Gasteiger partial charge in [-0.2, -0.15) is 0 Å². The summed E-state index contributed by atoms with van der Waals surface area (Å²) < 4.78 is 34.3. The van der Waals surface area contributed by atoms with Crippen LogP contribution >= 0.6 is 0 Å². The Bertz CT molecular complexity index is 1470. The number of nitrogens with zero attached hydrogens (tertiary/aromatic N) is 3. The van der Waals surface area contributed by atoms with Gasteiger partial charge in [0.05, 0.1) is 34.9 Å². The van der Waals surface area contributed by atoms with E-state index < -0.39 is 23.7 Å². The van der Waals surface area contributed by atoms with Gasteiger partial charge >= 0.3 is 6.03 Å². The Morgan fingerprint density at radius 1 is 1.11 bits per heavy atom. The number of aromatic nitrogens is 2. The number of urea groups is 1. The second-order valence-electron chi connectivity index (χ2n) is 8.38. The highest BCUT2D eigenvalue weighted by molar-refractivity contribution is 5.89. The van der Waals surface area contributed by atoms with Crippen LogP contribution in [0.4, 0.5) is 19.3 Å². The van der Waals surface area contributed by atoms with Gasteiger partial charge in [0.2, 0.25) is 0 Å². The number of anilines is 1. The Hall–Kier alpha value is -4.11. The fourth-order valence-corrected chi connectivity index (χ4v) is 4.02. The van der Waals surface area contributed by atoms with E-state index in [9.17, 15) is 18.4 Å². The topological polar surface area (TPSA) is 76.5 Å². The van der Waals surface area contributed by atoms with E-state index >= 15 is 0 Å². The van der Waals surface area contributed by atoms with Crippen LogP contribution in [0.15, 0.2) is 71.5 Å². The van der Waals surface area contributed by atoms with Gasteiger partial charge in [0.15, 0.2) is 0 Å². The number of rotatable bonds is 7. The molecule has 0 saturated carbocycles. The fourth-order valence-electron chi connectivity index (χ4n) is 4.02. The normalized spacial score (nSPS) is 11.9. The summed E-state index contributed by atoms with van der Waals surface area (Å²) in [6, 6.07) is 16.0. The number of nitrogens with one attached hydrogen (secondary N) is 1. The van der Waals surface area contributed by atoms with Gasteiger partial charge in [-0.15, -0.1) is 0 Å². The van der Waals surface area contributed by atoms with E-state index in [1.54, 1.807) is 37.3 Å². The third kappa shape index (κ3) is 5.11. The first-order valence-electron chi connectivity index (χ1n) is 11.4. The quantitative estimate of drug-likeness (QED) is 0.384. The highest BCUT2D eigenvalue weighted by atomic mass is 19.1. The molecule has 1 atom stereocenters. The van der Waals surface area contributed by atoms with Crippen LogP contribution < -0.4 is 10.9 Å². The Balaban J connectivity index is 1.83. The lowest BCUT2D eigenvalue weighted by Crippen LogP contribution is -2.41. The van der Waals surface area contributed by atoms with Gasteiger partial charge < -0.3 is 15.0 Å². The Kier molecular flexibility index (Phi) is 7.40. The monoisotopic (exact) mass is 492 g/mol. The van der Waals surface area contributed by atoms with Crippen LogP contribution in [-0.4, -0.2) is 40.7 Å². The summed E-state index contributed by atoms with van der Waals surface area (Å²) >= 11 is 0. The molecule has 1 aromatic heterocycles. The maximum atomic E-state index is 14.2. The number of aryl methyl sites for hydroxylation is 1. The van der Waals surface area contributed by atoms with E-state index in [2.05, 4.69) is 5.32 Å². The minimum Gasteiger partial charge on any atom is -0.383 e. The highest BCUT2D eigenvalue weighted by Gasteiger charge is 2.27. The van der Waals surface area contributed by atoms with Gasteiger partial charge in [-0.25, -0.2) is 18.6 Å². The van der Waals surface area contributed by atoms with Crippen molar-refractivity contribution in [3.63, 3.8) is 0 Å². The lowest BCUT2D eigenvalue weighted by Gasteiger charge is -2.30. The molecular formula is C27H26F2N4O3. The summed E-state index contributed by atoms with van der Waals surface area (Å²) in [4.78, 5) is 33.1. The van der Waals surface area contributed by atoms with Crippen molar-refractivity contribution < 1.29 is 18.3 Å². The number of amides is 2. The molecule has 0 aliphatic rings. The van der Waals surface area contributed by atoms with Crippen molar-refractivity contribution in [1.29, 1.82) is 0 Å². The van der Waals surface area contributed by atoms with Gasteiger partial charge in [-0.05, 0) is 55.8 Å². The number of hydrogen-bond donors (Lipinski definition) is 1. The molecule has 36 heavy (non-hydrogen) atoms. The van der Waals surface area contributed by atoms with E-state index in [0.29, 0.717) is 28.5 Å². The first-order chi connectivity index (χ1) is 17.3. The molecule has 1 heterocycles. The van der Waals surface area contributed by atoms with Crippen molar-refractivity contribution in [3.8, 4) is 5.69 Å². The van der Waals surface area contributed by atoms with E-state index in [0.717, 1.165) is 17.7 Å². The average Bonchev–Trinajstić information content (AvgIpc) is 2.85. The smallest absolute Gasteiger partial charge is 0.322 e. The second kappa shape index (κ2) is 10.7. The number of carbonyl (C=O) groups excluding carboxylic acids is 1. The number of halogens is 2. The van der Waals surface area contributed by atoms with Gasteiger partial charge in [0, 0.05) is 19.7 Å². The molecule has 1 unspecified atom stereocenters. The largest absolute Gasteiger partial charge is 0.383 e. The molecule has 0 aliphatic heterocycles. The van der Waals surface area contributed by atoms with Gasteiger partial charge in [-0.3, -0.25) is 9.36 Å². The average molecular weight is 493 g/mol. The second-order valence-corrected chi connectivity index (χ2v) is 8.38. The zero-order valence-electron chi connectivity index (χ0n) is 20.2. The molecule has 3 aromatic carbocycles. The molecule has 7 nitrogen and oxygen atoms in total. The van der Waals surface area contributed by atoms with E-state index in [1.165, 1.54) is 16.6 Å². The number of fused-ring (bicyclic) bond motifs is 1. The molecule has 0 saturated heterocycles. The zero-order chi connectivity index (χ0) is 25.8. The van der Waals surface area contributed by atoms with Crippen LogP contribution in [0.5, 0.6) is 0 Å². The van der Waals surface area contributed by atoms with Crippen molar-refractivity contribution in [1.82, 2.24) is 14.5 Å². The van der Waals surface area contributed by atoms with Crippen molar-refractivity contribution in [2.45, 2.75) is 19.9 Å². The third-order valence-corrected chi connectivity index (χ3v) is 5.87. The minimum atomic E-state index is -0.900. The summed E-state index contributed by atoms with van der Waals surface area (Å²) in [5.41, 5.74) is 1.61. The summed E-state index contributed by atoms with van der Waals surface area (Å²) in [5.74, 6) is -1.32. The summed E-state index contributed by atoms with van der Waals surface area (Å²) in [6.07, 6.45) is 0. The lowest BCUT2D eigenvalue weighted by atomic mass is 10.1. The van der Waals surface area contributed by atoms with Crippen LogP contribution in [0.25, 0.3) is 16.6 Å². The minimum absolute atomic E-state index is 0.128. The molecule has 9 heteroatoms. The van der Waals surface area contributed by atoms with E-state index in [-0.39, 0.29) is 24.4 Å². The SMILES string of the molecule is COCCN(C(=O)Nc1ccc(F)cc1F)C(C)c1nc2ccccc2c(=O)n1-c1cccc(C)c1. The summed E-state index contributed by atoms with van der Waals surface area (Å²) in [7, 11) is 1.50. The van der Waals surface area contributed by atoms with Crippen molar-refractivity contribution >= 4 is 22.6 Å². The molecule has 4 rings (SSSR count). The number of ether oxygens (including phenoxy) is 1. The van der Waals surface area contributed by atoms with Crippen molar-refractivity contribution in [2.24, 2.45) is 0 Å². The van der Waals surface area contributed by atoms with E-state index in [4.69, 9.17) is 9.72 Å². The number of benzene rings is 3. The molecule has 0 spiro atoms. The van der Waals surface area contributed by atoms with Crippen molar-refractivity contribution in [3.05, 3.63) is 100 Å². The maximum Gasteiger partial charge on any atom is 0.322 e. The lowest BCUT2D eigenvalue weighted by molar-refractivity contribution is 0.137. The Morgan fingerprint density at radius 3 is 2.61 bits per heavy atom. The third-order valence-electron chi connectivity index (χ3n) is 5.87. The molecule has 1 N–H and O–H groups in total. The number of hydrogen-bond acceptors (Lipinski definition) is 4. The number of para-hydroxylation sites is 1. The van der Waals surface area contributed by atoms with Gasteiger partial charge in [0.25, 0.3) is 5.56 Å². The molecule has 0 aliphatic carbocycles. The summed E-state index contributed by atoms with van der Waals surface area (Å²) in [6.45, 7) is 3.97. The van der Waals surface area contributed by atoms with Crippen LogP contribution in [0.2, 0.25) is 0 Å². The fraction of sp³-hybridized carbons (Fsp3) is 0.222. The van der Waals surface area contributed by atoms with Crippen LogP contribution in [0.3, 0.4) is 0 Å². The van der Waals surface area contributed by atoms with Gasteiger partial charge in [0.1, 0.15) is 17.5 Å². The Morgan fingerprint density at radius 2 is 1.89 bits per heavy atom. The number of carbonyl (C=O) groups is 1. The van der Waals surface area contributed by atoms with Crippen LogP contribution in [0, 0.1) is 18.6 Å². The standard InChI is InChI=1S/C27H26F2N4O3/c1-17-7-6-8-20(15-17)33-25(30-23-10-5-4-9-21(23)26(33)34)18(2)32(13-14-36-3)27(35)31-24-12-11-19(28)16-22(24)29/h4-12,15-16,18H,13-14H2,1-3H3,(H,31,35). The molecule has 0 fully saturated rings. The number of methoxy groups -OCH3 is 1. The van der Waals surface area contributed by atoms with Crippen LogP contribution in [-0.2, 0) is 4.74 Å². The molecule has 0 radical (unpaired) electrons. The van der Waals surface area contributed by atoms with E-state index in [1.807, 2.05) is 25.1 Å². The first-order valence-corrected chi connectivity index (χ1v) is 11.4. The van der Waals surface area contributed by atoms with Crippen LogP contribution in [0.1, 0.15) is 24.4 Å². The van der Waals surface area contributed by atoms with Gasteiger partial charge in [-0.1, -0.05) is 24.3 Å². The first kappa shape index (κ1) is 25.0. The molecule has 0 bridgehead atoms. The highest BCUT2D eigenvalue weighted by Crippen LogP contribution is 2.25. The maximum absolute atomic E-state index is 14.2. The summed E-state index contributed by atoms with van der Waals surface area (Å²) in [5, 5.41) is 2.93.